The molecule has 1 aromatic rings. The van der Waals surface area contributed by atoms with Crippen molar-refractivity contribution in [1.82, 2.24) is 0 Å². The molecule has 0 saturated heterocycles. The number of amides is 1. The predicted octanol–water partition coefficient (Wildman–Crippen LogP) is 2.68. The molecule has 24 heavy (non-hydrogen) atoms. The second kappa shape index (κ2) is 6.84. The number of hydrogen-bond donors (Lipinski definition) is 0. The Morgan fingerprint density at radius 1 is 1.38 bits per heavy atom. The number of benzene rings is 1. The second-order valence-corrected chi connectivity index (χ2v) is 9.48. The third-order valence-corrected chi connectivity index (χ3v) is 6.04. The van der Waals surface area contributed by atoms with Gasteiger partial charge in [-0.15, -0.1) is 0 Å². The Hall–Kier alpha value is -1.40. The van der Waals surface area contributed by atoms with Crippen LogP contribution in [0.1, 0.15) is 44.2 Å². The van der Waals surface area contributed by atoms with Crippen LogP contribution in [-0.2, 0) is 19.4 Å². The maximum atomic E-state index is 12.9. The molecule has 0 bridgehead atoms. The monoisotopic (exact) mass is 353 g/mol. The van der Waals surface area contributed by atoms with E-state index in [0.717, 1.165) is 23.2 Å². The van der Waals surface area contributed by atoms with Crippen molar-refractivity contribution in [3.8, 4) is 0 Å². The third-order valence-electron chi connectivity index (χ3n) is 4.56. The lowest BCUT2D eigenvalue weighted by Crippen LogP contribution is -2.53. The smallest absolute Gasteiger partial charge is 0.242 e. The molecule has 1 aliphatic rings. The Balaban J connectivity index is 2.39. The van der Waals surface area contributed by atoms with Gasteiger partial charge in [0, 0.05) is 18.3 Å². The summed E-state index contributed by atoms with van der Waals surface area (Å²) in [6.45, 7) is 8.21. The normalized spacial score (nSPS) is 19.9. The van der Waals surface area contributed by atoms with Crippen LogP contribution in [0.3, 0.4) is 0 Å². The number of sulfone groups is 1. The van der Waals surface area contributed by atoms with Crippen molar-refractivity contribution in [3.63, 3.8) is 0 Å². The summed E-state index contributed by atoms with van der Waals surface area (Å²) in [7, 11) is -2.03. The Labute approximate surface area is 144 Å². The maximum Gasteiger partial charge on any atom is 0.242 e. The van der Waals surface area contributed by atoms with E-state index in [-0.39, 0.29) is 18.3 Å². The van der Waals surface area contributed by atoms with Crippen molar-refractivity contribution in [3.05, 3.63) is 29.3 Å². The van der Waals surface area contributed by atoms with Crippen molar-refractivity contribution in [2.45, 2.75) is 45.6 Å². The van der Waals surface area contributed by atoms with Crippen LogP contribution < -0.4 is 4.90 Å². The fraction of sp³-hybridized carbons (Fsp3) is 0.611. The third kappa shape index (κ3) is 3.98. The highest BCUT2D eigenvalue weighted by atomic mass is 32.2. The van der Waals surface area contributed by atoms with Gasteiger partial charge >= 0.3 is 0 Å². The van der Waals surface area contributed by atoms with E-state index in [4.69, 9.17) is 4.74 Å². The van der Waals surface area contributed by atoms with Crippen LogP contribution >= 0.6 is 0 Å². The van der Waals surface area contributed by atoms with E-state index in [1.165, 1.54) is 7.11 Å². The van der Waals surface area contributed by atoms with Gasteiger partial charge in [-0.05, 0) is 50.3 Å². The van der Waals surface area contributed by atoms with Gasteiger partial charge in [0.25, 0.3) is 0 Å². The van der Waals surface area contributed by atoms with Crippen LogP contribution in [0.5, 0.6) is 0 Å². The minimum Gasteiger partial charge on any atom is -0.384 e. The molecule has 6 heteroatoms. The molecular formula is C18H27NO4S. The van der Waals surface area contributed by atoms with Gasteiger partial charge in [0.15, 0.2) is 9.84 Å². The van der Waals surface area contributed by atoms with Crippen LogP contribution in [0, 0.1) is 6.92 Å². The number of ether oxygens (including phenoxy) is 1. The predicted molar refractivity (Wildman–Crippen MR) is 96.3 cm³/mol. The lowest BCUT2D eigenvalue weighted by molar-refractivity contribution is -0.117. The van der Waals surface area contributed by atoms with E-state index in [2.05, 4.69) is 6.92 Å². The molecule has 0 spiro atoms. The van der Waals surface area contributed by atoms with Gasteiger partial charge in [0.1, 0.15) is 5.75 Å². The molecular weight excluding hydrogens is 326 g/mol. The molecule has 0 aromatic heterocycles. The van der Waals surface area contributed by atoms with E-state index in [9.17, 15) is 13.2 Å². The molecule has 1 aliphatic heterocycles. The van der Waals surface area contributed by atoms with Gasteiger partial charge in [0.05, 0.1) is 12.4 Å². The number of rotatable bonds is 5. The number of hydrogen-bond acceptors (Lipinski definition) is 4. The number of anilines is 1. The van der Waals surface area contributed by atoms with Crippen molar-refractivity contribution >= 4 is 21.4 Å². The van der Waals surface area contributed by atoms with Crippen LogP contribution in [0.4, 0.5) is 5.69 Å². The van der Waals surface area contributed by atoms with Gasteiger partial charge in [-0.25, -0.2) is 8.42 Å². The molecule has 0 saturated carbocycles. The lowest BCUT2D eigenvalue weighted by Gasteiger charge is -2.46. The molecule has 0 fully saturated rings. The summed E-state index contributed by atoms with van der Waals surface area (Å²) in [5.41, 5.74) is 2.57. The molecule has 134 valence electrons. The van der Waals surface area contributed by atoms with E-state index in [0.29, 0.717) is 5.92 Å². The molecule has 1 amide bonds. The SMILES string of the molecule is COCCS(=O)(=O)CC(=O)N1c2cc(C)ccc2C(C)CC1(C)C. The maximum absolute atomic E-state index is 12.9. The summed E-state index contributed by atoms with van der Waals surface area (Å²) in [5, 5.41) is 0. The number of aryl methyl sites for hydroxylation is 1. The summed E-state index contributed by atoms with van der Waals surface area (Å²) in [6, 6.07) is 6.06. The van der Waals surface area contributed by atoms with Crippen LogP contribution in [-0.4, -0.2) is 45.1 Å². The minimum absolute atomic E-state index is 0.103. The van der Waals surface area contributed by atoms with E-state index >= 15 is 0 Å². The fourth-order valence-electron chi connectivity index (χ4n) is 3.55. The van der Waals surface area contributed by atoms with Crippen molar-refractivity contribution in [2.24, 2.45) is 0 Å². The van der Waals surface area contributed by atoms with Gasteiger partial charge in [-0.1, -0.05) is 19.1 Å². The number of fused-ring (bicyclic) bond motifs is 1. The zero-order valence-corrected chi connectivity index (χ0v) is 15.9. The molecule has 1 aromatic carbocycles. The highest BCUT2D eigenvalue weighted by Crippen LogP contribution is 2.43. The first-order chi connectivity index (χ1) is 11.1. The van der Waals surface area contributed by atoms with Crippen molar-refractivity contribution < 1.29 is 17.9 Å². The zero-order chi connectivity index (χ0) is 18.1. The average molecular weight is 353 g/mol. The minimum atomic E-state index is -3.48. The van der Waals surface area contributed by atoms with E-state index < -0.39 is 21.1 Å². The Bertz CT molecular complexity index is 725. The summed E-state index contributed by atoms with van der Waals surface area (Å²) in [5.74, 6) is -0.665. The molecule has 0 aliphatic carbocycles. The van der Waals surface area contributed by atoms with Crippen LogP contribution in [0.2, 0.25) is 0 Å². The molecule has 0 N–H and O–H groups in total. The molecule has 0 radical (unpaired) electrons. The number of nitrogens with zero attached hydrogens (tertiary/aromatic N) is 1. The highest BCUT2D eigenvalue weighted by molar-refractivity contribution is 7.92. The molecule has 2 rings (SSSR count). The van der Waals surface area contributed by atoms with E-state index in [1.807, 2.05) is 39.0 Å². The van der Waals surface area contributed by atoms with Crippen LogP contribution in [0.15, 0.2) is 18.2 Å². The quantitative estimate of drug-likeness (QED) is 0.816. The Morgan fingerprint density at radius 2 is 2.04 bits per heavy atom. The van der Waals surface area contributed by atoms with Crippen LogP contribution in [0.25, 0.3) is 0 Å². The Morgan fingerprint density at radius 3 is 2.67 bits per heavy atom. The Kier molecular flexibility index (Phi) is 5.40. The van der Waals surface area contributed by atoms with Gasteiger partial charge in [0.2, 0.25) is 5.91 Å². The largest absolute Gasteiger partial charge is 0.384 e. The van der Waals surface area contributed by atoms with Gasteiger partial charge in [-0.3, -0.25) is 4.79 Å². The first-order valence-corrected chi connectivity index (χ1v) is 10.0. The topological polar surface area (TPSA) is 63.7 Å². The number of carbonyl (C=O) groups is 1. The lowest BCUT2D eigenvalue weighted by atomic mass is 9.79. The molecule has 1 heterocycles. The number of carbonyl (C=O) groups excluding carboxylic acids is 1. The standard InChI is InChI=1S/C18H27NO4S/c1-13-6-7-15-14(2)11-18(3,4)19(16(15)10-13)17(20)12-24(21,22)9-8-23-5/h6-7,10,14H,8-9,11-12H2,1-5H3. The zero-order valence-electron chi connectivity index (χ0n) is 15.1. The number of methoxy groups -OCH3 is 1. The molecule has 5 nitrogen and oxygen atoms in total. The average Bonchev–Trinajstić information content (AvgIpc) is 2.43. The van der Waals surface area contributed by atoms with Crippen molar-refractivity contribution in [2.75, 3.05) is 30.1 Å². The highest BCUT2D eigenvalue weighted by Gasteiger charge is 2.40. The summed E-state index contributed by atoms with van der Waals surface area (Å²) >= 11 is 0. The molecule has 1 unspecified atom stereocenters. The van der Waals surface area contributed by atoms with E-state index in [1.54, 1.807) is 4.90 Å². The van der Waals surface area contributed by atoms with Crippen molar-refractivity contribution in [1.29, 1.82) is 0 Å². The second-order valence-electron chi connectivity index (χ2n) is 7.29. The first-order valence-electron chi connectivity index (χ1n) is 8.20. The summed E-state index contributed by atoms with van der Waals surface area (Å²) < 4.78 is 29.2. The molecule has 1 atom stereocenters. The van der Waals surface area contributed by atoms with Gasteiger partial charge < -0.3 is 9.64 Å². The summed E-state index contributed by atoms with van der Waals surface area (Å²) in [4.78, 5) is 14.6. The summed E-state index contributed by atoms with van der Waals surface area (Å²) in [6.07, 6.45) is 0.799. The first kappa shape index (κ1) is 18.9. The van der Waals surface area contributed by atoms with Gasteiger partial charge in [-0.2, -0.15) is 0 Å². The fourth-order valence-corrected chi connectivity index (χ4v) is 4.62.